The second-order valence-corrected chi connectivity index (χ2v) is 6.35. The lowest BCUT2D eigenvalue weighted by Gasteiger charge is -2.39. The van der Waals surface area contributed by atoms with Crippen molar-refractivity contribution in [1.29, 1.82) is 5.26 Å². The number of hydrogen-bond acceptors (Lipinski definition) is 2. The average molecular weight is 223 g/mol. The van der Waals surface area contributed by atoms with E-state index in [1.165, 1.54) is 0 Å². The molecule has 1 N–H and O–H groups in total. The summed E-state index contributed by atoms with van der Waals surface area (Å²) in [5.41, 5.74) is -1.06. The van der Waals surface area contributed by atoms with E-state index in [0.717, 1.165) is 38.5 Å². The highest BCUT2D eigenvalue weighted by Crippen LogP contribution is 2.47. The van der Waals surface area contributed by atoms with Crippen LogP contribution in [0, 0.1) is 22.2 Å². The standard InChI is InChI=1S/C14H25NO/c1-5-13(4,11-15)14(16)8-6-7-12(2,3)9-10-14/h16H,5-10H2,1-4H3. The highest BCUT2D eigenvalue weighted by Gasteiger charge is 2.47. The van der Waals surface area contributed by atoms with Crippen LogP contribution < -0.4 is 0 Å². The third kappa shape index (κ3) is 2.40. The van der Waals surface area contributed by atoms with Crippen LogP contribution in [-0.4, -0.2) is 10.7 Å². The van der Waals surface area contributed by atoms with Crippen LogP contribution >= 0.6 is 0 Å². The van der Waals surface area contributed by atoms with E-state index in [-0.39, 0.29) is 0 Å². The Balaban J connectivity index is 2.90. The molecule has 0 saturated heterocycles. The fraction of sp³-hybridized carbons (Fsp3) is 0.929. The largest absolute Gasteiger partial charge is 0.388 e. The Morgan fingerprint density at radius 3 is 2.38 bits per heavy atom. The van der Waals surface area contributed by atoms with Gasteiger partial charge in [-0.1, -0.05) is 27.2 Å². The fourth-order valence-electron chi connectivity index (χ4n) is 2.72. The lowest BCUT2D eigenvalue weighted by Crippen LogP contribution is -2.45. The fourth-order valence-corrected chi connectivity index (χ4v) is 2.72. The SMILES string of the molecule is CCC(C)(C#N)C1(O)CCCC(C)(C)CC1. The lowest BCUT2D eigenvalue weighted by molar-refractivity contribution is -0.0627. The van der Waals surface area contributed by atoms with Gasteiger partial charge in [-0.05, 0) is 44.4 Å². The summed E-state index contributed by atoms with van der Waals surface area (Å²) in [6.07, 6.45) is 5.45. The summed E-state index contributed by atoms with van der Waals surface area (Å²) >= 11 is 0. The summed E-state index contributed by atoms with van der Waals surface area (Å²) in [5.74, 6) is 0. The predicted octanol–water partition coefficient (Wildman–Crippen LogP) is 3.65. The summed E-state index contributed by atoms with van der Waals surface area (Å²) in [6.45, 7) is 8.42. The van der Waals surface area contributed by atoms with Gasteiger partial charge in [0.15, 0.2) is 0 Å². The van der Waals surface area contributed by atoms with Crippen molar-refractivity contribution >= 4 is 0 Å². The molecule has 0 heterocycles. The molecule has 0 aromatic rings. The quantitative estimate of drug-likeness (QED) is 0.726. The van der Waals surface area contributed by atoms with Crippen molar-refractivity contribution in [3.63, 3.8) is 0 Å². The molecule has 2 atom stereocenters. The second-order valence-electron chi connectivity index (χ2n) is 6.35. The molecule has 0 aromatic carbocycles. The molecule has 16 heavy (non-hydrogen) atoms. The van der Waals surface area contributed by atoms with Gasteiger partial charge < -0.3 is 5.11 Å². The van der Waals surface area contributed by atoms with Crippen molar-refractivity contribution in [2.24, 2.45) is 10.8 Å². The molecule has 2 nitrogen and oxygen atoms in total. The molecule has 1 aliphatic carbocycles. The molecule has 0 spiro atoms. The number of rotatable bonds is 2. The van der Waals surface area contributed by atoms with Gasteiger partial charge in [0.05, 0.1) is 17.1 Å². The zero-order valence-corrected chi connectivity index (χ0v) is 11.1. The zero-order valence-electron chi connectivity index (χ0n) is 11.1. The van der Waals surface area contributed by atoms with Crippen molar-refractivity contribution in [3.05, 3.63) is 0 Å². The molecule has 1 aliphatic rings. The number of nitrogens with zero attached hydrogens (tertiary/aromatic N) is 1. The normalized spacial score (nSPS) is 33.5. The van der Waals surface area contributed by atoms with E-state index in [2.05, 4.69) is 19.9 Å². The lowest BCUT2D eigenvalue weighted by atomic mass is 9.68. The highest BCUT2D eigenvalue weighted by molar-refractivity contribution is 5.09. The minimum absolute atomic E-state index is 0.314. The molecule has 2 unspecified atom stereocenters. The van der Waals surface area contributed by atoms with E-state index in [0.29, 0.717) is 5.41 Å². The maximum absolute atomic E-state index is 10.8. The Morgan fingerprint density at radius 2 is 1.88 bits per heavy atom. The predicted molar refractivity (Wildman–Crippen MR) is 65.8 cm³/mol. The Kier molecular flexibility index (Phi) is 3.69. The molecule has 0 radical (unpaired) electrons. The monoisotopic (exact) mass is 223 g/mol. The van der Waals surface area contributed by atoms with Crippen LogP contribution in [0.3, 0.4) is 0 Å². The molecule has 1 rings (SSSR count). The smallest absolute Gasteiger partial charge is 0.0830 e. The molecule has 2 heteroatoms. The van der Waals surface area contributed by atoms with Gasteiger partial charge in [0.1, 0.15) is 0 Å². The molecule has 0 aliphatic heterocycles. The maximum Gasteiger partial charge on any atom is 0.0830 e. The van der Waals surface area contributed by atoms with Crippen molar-refractivity contribution < 1.29 is 5.11 Å². The van der Waals surface area contributed by atoms with Gasteiger partial charge in [-0.3, -0.25) is 0 Å². The zero-order chi connectivity index (χ0) is 12.4. The summed E-state index contributed by atoms with van der Waals surface area (Å²) in [5, 5.41) is 20.1. The maximum atomic E-state index is 10.8. The van der Waals surface area contributed by atoms with Gasteiger partial charge in [0, 0.05) is 0 Å². The third-order valence-electron chi connectivity index (χ3n) is 4.64. The summed E-state index contributed by atoms with van der Waals surface area (Å²) < 4.78 is 0. The van der Waals surface area contributed by atoms with Crippen molar-refractivity contribution in [3.8, 4) is 6.07 Å². The first kappa shape index (κ1) is 13.5. The molecule has 1 saturated carbocycles. The highest BCUT2D eigenvalue weighted by atomic mass is 16.3. The summed E-state index contributed by atoms with van der Waals surface area (Å²) in [7, 11) is 0. The van der Waals surface area contributed by atoms with E-state index in [4.69, 9.17) is 0 Å². The third-order valence-corrected chi connectivity index (χ3v) is 4.64. The topological polar surface area (TPSA) is 44.0 Å². The van der Waals surface area contributed by atoms with Crippen molar-refractivity contribution in [2.75, 3.05) is 0 Å². The molecular weight excluding hydrogens is 198 g/mol. The Bertz CT molecular complexity index is 292. The number of hydrogen-bond donors (Lipinski definition) is 1. The summed E-state index contributed by atoms with van der Waals surface area (Å²) in [6, 6.07) is 2.34. The molecule has 1 fully saturated rings. The van der Waals surface area contributed by atoms with Gasteiger partial charge in [-0.15, -0.1) is 0 Å². The van der Waals surface area contributed by atoms with Crippen LogP contribution in [0.1, 0.15) is 66.2 Å². The van der Waals surface area contributed by atoms with Crippen LogP contribution in [0.15, 0.2) is 0 Å². The van der Waals surface area contributed by atoms with Crippen LogP contribution in [-0.2, 0) is 0 Å². The first-order valence-electron chi connectivity index (χ1n) is 6.42. The Hall–Kier alpha value is -0.550. The van der Waals surface area contributed by atoms with Gasteiger partial charge in [0.2, 0.25) is 0 Å². The molecular formula is C14H25NO. The van der Waals surface area contributed by atoms with Gasteiger partial charge >= 0.3 is 0 Å². The molecule has 0 amide bonds. The first-order chi connectivity index (χ1) is 7.29. The Labute approximate surface area is 99.7 Å². The minimum atomic E-state index is -0.787. The number of aliphatic hydroxyl groups is 1. The van der Waals surface area contributed by atoms with E-state index in [1.807, 2.05) is 13.8 Å². The molecule has 0 bridgehead atoms. The summed E-state index contributed by atoms with van der Waals surface area (Å²) in [4.78, 5) is 0. The van der Waals surface area contributed by atoms with E-state index in [9.17, 15) is 10.4 Å². The minimum Gasteiger partial charge on any atom is -0.388 e. The van der Waals surface area contributed by atoms with Gasteiger partial charge in [-0.25, -0.2) is 0 Å². The second kappa shape index (κ2) is 4.37. The van der Waals surface area contributed by atoms with E-state index in [1.54, 1.807) is 0 Å². The Morgan fingerprint density at radius 1 is 1.25 bits per heavy atom. The van der Waals surface area contributed by atoms with E-state index >= 15 is 0 Å². The van der Waals surface area contributed by atoms with Crippen LogP contribution in [0.5, 0.6) is 0 Å². The average Bonchev–Trinajstić information content (AvgIpc) is 2.38. The first-order valence-corrected chi connectivity index (χ1v) is 6.42. The van der Waals surface area contributed by atoms with Crippen molar-refractivity contribution in [1.82, 2.24) is 0 Å². The van der Waals surface area contributed by atoms with Crippen LogP contribution in [0.4, 0.5) is 0 Å². The number of nitriles is 1. The molecule has 0 aromatic heterocycles. The van der Waals surface area contributed by atoms with Gasteiger partial charge in [-0.2, -0.15) is 5.26 Å². The van der Waals surface area contributed by atoms with Crippen LogP contribution in [0.25, 0.3) is 0 Å². The van der Waals surface area contributed by atoms with Crippen LogP contribution in [0.2, 0.25) is 0 Å². The van der Waals surface area contributed by atoms with E-state index < -0.39 is 11.0 Å². The molecule has 92 valence electrons. The van der Waals surface area contributed by atoms with Crippen molar-refractivity contribution in [2.45, 2.75) is 71.8 Å². The van der Waals surface area contributed by atoms with Gasteiger partial charge in [0.25, 0.3) is 0 Å².